The van der Waals surface area contributed by atoms with Gasteiger partial charge in [0.15, 0.2) is 0 Å². The zero-order valence-corrected chi connectivity index (χ0v) is 20.5. The summed E-state index contributed by atoms with van der Waals surface area (Å²) in [5.41, 5.74) is 1.09. The summed E-state index contributed by atoms with van der Waals surface area (Å²) in [4.78, 5) is 23.9. The Morgan fingerprint density at radius 2 is 2.10 bits per heavy atom. The number of hydrogen-bond acceptors (Lipinski definition) is 3. The predicted molar refractivity (Wildman–Crippen MR) is 130 cm³/mol. The molecule has 0 saturated heterocycles. The van der Waals surface area contributed by atoms with Gasteiger partial charge in [0.2, 0.25) is 0 Å². The molecule has 1 aromatic carbocycles. The van der Waals surface area contributed by atoms with Gasteiger partial charge in [-0.2, -0.15) is 0 Å². The summed E-state index contributed by atoms with van der Waals surface area (Å²) in [5.74, 6) is 1.00. The van der Waals surface area contributed by atoms with E-state index in [-0.39, 0.29) is 18.4 Å². The fourth-order valence-electron chi connectivity index (χ4n) is 5.63. The van der Waals surface area contributed by atoms with E-state index in [1.807, 2.05) is 23.6 Å². The third-order valence-electron chi connectivity index (χ3n) is 7.57. The molecular formula is C25H30BrNO3S. The van der Waals surface area contributed by atoms with Gasteiger partial charge in [-0.15, -0.1) is 11.3 Å². The van der Waals surface area contributed by atoms with Gasteiger partial charge in [-0.05, 0) is 77.3 Å². The first-order valence-electron chi connectivity index (χ1n) is 11.1. The highest BCUT2D eigenvalue weighted by Crippen LogP contribution is 2.62. The molecule has 2 N–H and O–H groups in total. The van der Waals surface area contributed by atoms with Crippen molar-refractivity contribution in [3.63, 3.8) is 0 Å². The third kappa shape index (κ3) is 4.47. The molecule has 1 amide bonds. The highest BCUT2D eigenvalue weighted by molar-refractivity contribution is 9.10. The van der Waals surface area contributed by atoms with Gasteiger partial charge in [0, 0.05) is 32.4 Å². The van der Waals surface area contributed by atoms with Crippen molar-refractivity contribution in [2.24, 2.45) is 23.2 Å². The van der Waals surface area contributed by atoms with E-state index in [4.69, 9.17) is 5.11 Å². The first-order chi connectivity index (χ1) is 14.8. The molecule has 0 aliphatic heterocycles. The van der Waals surface area contributed by atoms with Crippen molar-refractivity contribution in [1.29, 1.82) is 0 Å². The number of halogens is 1. The zero-order valence-electron chi connectivity index (χ0n) is 18.1. The average Bonchev–Trinajstić information content (AvgIpc) is 3.11. The number of aliphatic carboxylic acids is 1. The number of carboxylic acid groups (broad SMARTS) is 1. The van der Waals surface area contributed by atoms with E-state index in [1.54, 1.807) is 11.3 Å². The summed E-state index contributed by atoms with van der Waals surface area (Å²) in [6.07, 6.45) is 9.24. The Morgan fingerprint density at radius 3 is 2.84 bits per heavy atom. The van der Waals surface area contributed by atoms with Crippen molar-refractivity contribution < 1.29 is 14.7 Å². The molecule has 1 unspecified atom stereocenters. The van der Waals surface area contributed by atoms with E-state index < -0.39 is 5.97 Å². The van der Waals surface area contributed by atoms with Crippen LogP contribution in [0.5, 0.6) is 0 Å². The van der Waals surface area contributed by atoms with Crippen LogP contribution in [0.15, 0.2) is 40.2 Å². The van der Waals surface area contributed by atoms with Crippen LogP contribution in [0.3, 0.4) is 0 Å². The fourth-order valence-corrected chi connectivity index (χ4v) is 7.32. The minimum Gasteiger partial charge on any atom is -0.481 e. The Morgan fingerprint density at radius 1 is 1.29 bits per heavy atom. The summed E-state index contributed by atoms with van der Waals surface area (Å²) in [6, 6.07) is 6.11. The zero-order chi connectivity index (χ0) is 22.2. The number of benzene rings is 1. The Labute approximate surface area is 196 Å². The molecule has 3 aliphatic carbocycles. The van der Waals surface area contributed by atoms with Crippen molar-refractivity contribution in [2.45, 2.75) is 58.4 Å². The van der Waals surface area contributed by atoms with Crippen molar-refractivity contribution in [2.75, 3.05) is 0 Å². The molecule has 31 heavy (non-hydrogen) atoms. The maximum absolute atomic E-state index is 13.3. The topological polar surface area (TPSA) is 66.4 Å². The minimum absolute atomic E-state index is 0.0273. The largest absolute Gasteiger partial charge is 0.481 e. The van der Waals surface area contributed by atoms with Crippen LogP contribution in [-0.2, 0) is 4.79 Å². The quantitative estimate of drug-likeness (QED) is 0.313. The van der Waals surface area contributed by atoms with Crippen LogP contribution in [0.4, 0.5) is 0 Å². The maximum atomic E-state index is 13.3. The van der Waals surface area contributed by atoms with E-state index >= 15 is 0 Å². The highest BCUT2D eigenvalue weighted by atomic mass is 79.9. The van der Waals surface area contributed by atoms with Crippen LogP contribution in [-0.4, -0.2) is 23.0 Å². The normalized spacial score (nSPS) is 26.7. The first kappa shape index (κ1) is 22.5. The van der Waals surface area contributed by atoms with Gasteiger partial charge in [-0.25, -0.2) is 0 Å². The summed E-state index contributed by atoms with van der Waals surface area (Å²) in [7, 11) is 0. The van der Waals surface area contributed by atoms with Crippen LogP contribution >= 0.6 is 27.3 Å². The molecule has 4 atom stereocenters. The first-order valence-corrected chi connectivity index (χ1v) is 12.8. The second-order valence-electron chi connectivity index (χ2n) is 9.60. The SMILES string of the molecule is CC1(C)[C@@H]2CC(NC(=O)c3cccc4c(Br)csc34)[C@@H](CC=CCCCC(=O)O)[C@H]1C2. The van der Waals surface area contributed by atoms with Crippen LogP contribution in [0, 0.1) is 23.2 Å². The number of thiophene rings is 1. The van der Waals surface area contributed by atoms with E-state index in [1.165, 1.54) is 6.42 Å². The second kappa shape index (κ2) is 9.07. The summed E-state index contributed by atoms with van der Waals surface area (Å²) in [5, 5.41) is 15.3. The summed E-state index contributed by atoms with van der Waals surface area (Å²) >= 11 is 5.18. The van der Waals surface area contributed by atoms with E-state index in [0.29, 0.717) is 29.6 Å². The Balaban J connectivity index is 1.46. The lowest BCUT2D eigenvalue weighted by Gasteiger charge is -2.62. The molecule has 166 valence electrons. The number of unbranched alkanes of at least 4 members (excludes halogenated alkanes) is 1. The summed E-state index contributed by atoms with van der Waals surface area (Å²) in [6.45, 7) is 4.74. The van der Waals surface area contributed by atoms with Gasteiger partial charge in [0.1, 0.15) is 0 Å². The van der Waals surface area contributed by atoms with Crippen LogP contribution < -0.4 is 5.32 Å². The van der Waals surface area contributed by atoms with Crippen LogP contribution in [0.1, 0.15) is 62.7 Å². The molecule has 1 heterocycles. The third-order valence-corrected chi connectivity index (χ3v) is 9.56. The Kier molecular flexibility index (Phi) is 6.59. The minimum atomic E-state index is -0.737. The molecule has 2 bridgehead atoms. The molecule has 4 nitrogen and oxygen atoms in total. The number of carbonyl (C=O) groups is 2. The van der Waals surface area contributed by atoms with Crippen LogP contribution in [0.25, 0.3) is 10.1 Å². The number of amides is 1. The molecule has 1 aromatic heterocycles. The number of rotatable bonds is 8. The average molecular weight is 504 g/mol. The van der Waals surface area contributed by atoms with Crippen molar-refractivity contribution in [3.8, 4) is 0 Å². The molecule has 3 saturated carbocycles. The molecular weight excluding hydrogens is 474 g/mol. The maximum Gasteiger partial charge on any atom is 0.303 e. The van der Waals surface area contributed by atoms with Gasteiger partial charge in [-0.1, -0.05) is 38.1 Å². The van der Waals surface area contributed by atoms with Gasteiger partial charge in [0.25, 0.3) is 5.91 Å². The summed E-state index contributed by atoms with van der Waals surface area (Å²) < 4.78 is 2.07. The molecule has 3 fully saturated rings. The second-order valence-corrected chi connectivity index (χ2v) is 11.3. The number of carbonyl (C=O) groups excluding carboxylic acids is 1. The van der Waals surface area contributed by atoms with Gasteiger partial charge in [-0.3, -0.25) is 9.59 Å². The van der Waals surface area contributed by atoms with E-state index in [2.05, 4.69) is 47.2 Å². The lowest BCUT2D eigenvalue weighted by atomic mass is 9.44. The van der Waals surface area contributed by atoms with Gasteiger partial charge in [0.05, 0.1) is 5.56 Å². The van der Waals surface area contributed by atoms with Crippen LogP contribution in [0.2, 0.25) is 0 Å². The van der Waals surface area contributed by atoms with Crippen molar-refractivity contribution >= 4 is 49.2 Å². The molecule has 3 aliphatic rings. The number of allylic oxidation sites excluding steroid dienone is 2. The van der Waals surface area contributed by atoms with Crippen molar-refractivity contribution in [3.05, 3.63) is 45.8 Å². The number of nitrogens with one attached hydrogen (secondary N) is 1. The highest BCUT2D eigenvalue weighted by Gasteiger charge is 2.57. The molecule has 2 aromatic rings. The lowest BCUT2D eigenvalue weighted by molar-refractivity contribution is -0.137. The van der Waals surface area contributed by atoms with Crippen molar-refractivity contribution in [1.82, 2.24) is 5.32 Å². The monoisotopic (exact) mass is 503 g/mol. The van der Waals surface area contributed by atoms with Gasteiger partial charge < -0.3 is 10.4 Å². The molecule has 6 heteroatoms. The standard InChI is InChI=1S/C25H30BrNO3S/c1-25(2)15-12-19(25)16(8-5-3-4-6-11-22(28)29)21(13-15)27-24(30)18-10-7-9-17-20(26)14-31-23(17)18/h3,5,7,9-10,14-16,19,21H,4,6,8,11-13H2,1-2H3,(H,27,30)(H,28,29)/t15-,16-,19+,21?/m0/s1. The number of fused-ring (bicyclic) bond motifs is 3. The Hall–Kier alpha value is -1.66. The fraction of sp³-hybridized carbons (Fsp3) is 0.520. The smallest absolute Gasteiger partial charge is 0.303 e. The van der Waals surface area contributed by atoms with E-state index in [9.17, 15) is 9.59 Å². The molecule has 5 rings (SSSR count). The Bertz CT molecular complexity index is 1010. The number of hydrogen-bond donors (Lipinski definition) is 2. The van der Waals surface area contributed by atoms with Gasteiger partial charge >= 0.3 is 5.97 Å². The van der Waals surface area contributed by atoms with E-state index in [0.717, 1.165) is 39.4 Å². The number of carboxylic acids is 1. The molecule has 0 radical (unpaired) electrons. The lowest BCUT2D eigenvalue weighted by Crippen LogP contribution is -2.61. The molecule has 0 spiro atoms. The predicted octanol–water partition coefficient (Wildman–Crippen LogP) is 6.65.